The average molecular weight is 395 g/mol. The lowest BCUT2D eigenvalue weighted by Gasteiger charge is -2.36. The Bertz CT molecular complexity index is 1000. The number of hydrogen-bond acceptors (Lipinski definition) is 5. The molecule has 2 heterocycles. The van der Waals surface area contributed by atoms with Gasteiger partial charge >= 0.3 is 0 Å². The summed E-state index contributed by atoms with van der Waals surface area (Å²) in [5, 5.41) is 2.64. The summed E-state index contributed by atoms with van der Waals surface area (Å²) in [6, 6.07) is 13.6. The summed E-state index contributed by atoms with van der Waals surface area (Å²) >= 11 is 0. The van der Waals surface area contributed by atoms with E-state index in [1.54, 1.807) is 18.2 Å². The Morgan fingerprint density at radius 3 is 2.34 bits per heavy atom. The van der Waals surface area contributed by atoms with E-state index in [0.29, 0.717) is 24.7 Å². The second kappa shape index (κ2) is 8.22. The third kappa shape index (κ3) is 4.48. The van der Waals surface area contributed by atoms with E-state index in [9.17, 15) is 13.6 Å². The number of amides is 1. The highest BCUT2D eigenvalue weighted by atomic mass is 19.1. The van der Waals surface area contributed by atoms with Crippen molar-refractivity contribution < 1.29 is 13.6 Å². The molecule has 1 amide bonds. The normalized spacial score (nSPS) is 14.0. The van der Waals surface area contributed by atoms with Gasteiger partial charge < -0.3 is 15.1 Å². The highest BCUT2D eigenvalue weighted by molar-refractivity contribution is 6.02. The molecule has 2 aromatic carbocycles. The summed E-state index contributed by atoms with van der Waals surface area (Å²) in [5.74, 6) is -0.640. The van der Waals surface area contributed by atoms with Crippen LogP contribution in [-0.2, 0) is 0 Å². The number of halogens is 2. The van der Waals surface area contributed by atoms with E-state index in [1.807, 2.05) is 4.90 Å². The number of benzene rings is 2. The maximum absolute atomic E-state index is 13.3. The summed E-state index contributed by atoms with van der Waals surface area (Å²) in [6.07, 6.45) is 1.54. The fourth-order valence-electron chi connectivity index (χ4n) is 3.21. The topological polar surface area (TPSA) is 61.4 Å². The number of carbonyl (C=O) groups excluding carboxylic acids is 1. The monoisotopic (exact) mass is 395 g/mol. The highest BCUT2D eigenvalue weighted by Crippen LogP contribution is 2.19. The van der Waals surface area contributed by atoms with E-state index in [0.717, 1.165) is 18.8 Å². The average Bonchev–Trinajstić information content (AvgIpc) is 2.74. The Balaban J connectivity index is 1.41. The molecule has 0 aliphatic carbocycles. The van der Waals surface area contributed by atoms with Crippen molar-refractivity contribution >= 4 is 23.2 Å². The largest absolute Gasteiger partial charge is 0.368 e. The van der Waals surface area contributed by atoms with Gasteiger partial charge in [-0.15, -0.1) is 0 Å². The van der Waals surface area contributed by atoms with Gasteiger partial charge in [0.1, 0.15) is 17.3 Å². The SMILES string of the molecule is O=C(Nc1cccc(F)c1)c1ccnc(N2CCN(c3ccc(F)cc3)CC2)n1. The van der Waals surface area contributed by atoms with Crippen LogP contribution in [0.25, 0.3) is 0 Å². The van der Waals surface area contributed by atoms with Crippen LogP contribution in [0, 0.1) is 11.6 Å². The molecule has 0 atom stereocenters. The van der Waals surface area contributed by atoms with Gasteiger partial charge in [-0.2, -0.15) is 0 Å². The zero-order valence-corrected chi connectivity index (χ0v) is 15.6. The molecular weight excluding hydrogens is 376 g/mol. The van der Waals surface area contributed by atoms with E-state index < -0.39 is 11.7 Å². The molecule has 1 fully saturated rings. The number of aromatic nitrogens is 2. The predicted molar refractivity (Wildman–Crippen MR) is 107 cm³/mol. The van der Waals surface area contributed by atoms with Gasteiger partial charge in [0.15, 0.2) is 0 Å². The molecule has 1 saturated heterocycles. The van der Waals surface area contributed by atoms with Gasteiger partial charge in [-0.25, -0.2) is 18.7 Å². The van der Waals surface area contributed by atoms with Gasteiger partial charge in [0, 0.05) is 43.8 Å². The molecule has 1 aliphatic heterocycles. The van der Waals surface area contributed by atoms with Crippen LogP contribution < -0.4 is 15.1 Å². The molecule has 0 unspecified atom stereocenters. The van der Waals surface area contributed by atoms with Crippen LogP contribution in [0.5, 0.6) is 0 Å². The molecule has 6 nitrogen and oxygen atoms in total. The summed E-state index contributed by atoms with van der Waals surface area (Å²) in [7, 11) is 0. The number of hydrogen-bond donors (Lipinski definition) is 1. The molecule has 148 valence electrons. The molecule has 0 saturated carbocycles. The second-order valence-corrected chi connectivity index (χ2v) is 6.66. The fraction of sp³-hybridized carbons (Fsp3) is 0.190. The molecule has 29 heavy (non-hydrogen) atoms. The molecule has 1 aromatic heterocycles. The van der Waals surface area contributed by atoms with Crippen molar-refractivity contribution in [3.63, 3.8) is 0 Å². The number of nitrogens with zero attached hydrogens (tertiary/aromatic N) is 4. The summed E-state index contributed by atoms with van der Waals surface area (Å²) < 4.78 is 26.4. The van der Waals surface area contributed by atoms with E-state index in [1.165, 1.54) is 42.6 Å². The number of rotatable bonds is 4. The summed E-state index contributed by atoms with van der Waals surface area (Å²) in [4.78, 5) is 25.3. The molecular formula is C21H19F2N5O. The highest BCUT2D eigenvalue weighted by Gasteiger charge is 2.20. The lowest BCUT2D eigenvalue weighted by Crippen LogP contribution is -2.47. The minimum absolute atomic E-state index is 0.209. The van der Waals surface area contributed by atoms with Crippen molar-refractivity contribution in [2.24, 2.45) is 0 Å². The quantitative estimate of drug-likeness (QED) is 0.734. The van der Waals surface area contributed by atoms with Crippen molar-refractivity contribution in [2.75, 3.05) is 41.3 Å². The number of piperazine rings is 1. The number of carbonyl (C=O) groups is 1. The third-order valence-electron chi connectivity index (χ3n) is 4.71. The zero-order chi connectivity index (χ0) is 20.2. The summed E-state index contributed by atoms with van der Waals surface area (Å²) in [5.41, 5.74) is 1.54. The minimum atomic E-state index is -0.427. The molecule has 8 heteroatoms. The predicted octanol–water partition coefficient (Wildman–Crippen LogP) is 3.33. The number of anilines is 3. The van der Waals surface area contributed by atoms with Crippen LogP contribution in [0.2, 0.25) is 0 Å². The first-order valence-corrected chi connectivity index (χ1v) is 9.24. The molecule has 0 radical (unpaired) electrons. The van der Waals surface area contributed by atoms with Crippen molar-refractivity contribution in [3.05, 3.63) is 78.1 Å². The Kier molecular flexibility index (Phi) is 5.33. The van der Waals surface area contributed by atoms with Gasteiger partial charge in [-0.1, -0.05) is 6.07 Å². The van der Waals surface area contributed by atoms with Gasteiger partial charge in [0.05, 0.1) is 0 Å². The Labute approximate surface area is 166 Å². The van der Waals surface area contributed by atoms with Gasteiger partial charge in [-0.05, 0) is 48.5 Å². The van der Waals surface area contributed by atoms with Crippen molar-refractivity contribution in [2.45, 2.75) is 0 Å². The van der Waals surface area contributed by atoms with E-state index in [-0.39, 0.29) is 11.5 Å². The molecule has 4 rings (SSSR count). The van der Waals surface area contributed by atoms with Crippen LogP contribution in [0.4, 0.5) is 26.1 Å². The first-order valence-electron chi connectivity index (χ1n) is 9.24. The first kappa shape index (κ1) is 18.8. The minimum Gasteiger partial charge on any atom is -0.368 e. The fourth-order valence-corrected chi connectivity index (χ4v) is 3.21. The van der Waals surface area contributed by atoms with Gasteiger partial charge in [0.2, 0.25) is 5.95 Å². The Hall–Kier alpha value is -3.55. The van der Waals surface area contributed by atoms with Crippen molar-refractivity contribution in [1.29, 1.82) is 0 Å². The van der Waals surface area contributed by atoms with Gasteiger partial charge in [-0.3, -0.25) is 4.79 Å². The maximum Gasteiger partial charge on any atom is 0.274 e. The standard InChI is InChI=1S/C21H19F2N5O/c22-15-4-6-18(7-5-15)27-10-12-28(13-11-27)21-24-9-8-19(26-21)20(29)25-17-3-1-2-16(23)14-17/h1-9,14H,10-13H2,(H,25,29). The van der Waals surface area contributed by atoms with E-state index in [2.05, 4.69) is 20.2 Å². The molecule has 0 bridgehead atoms. The van der Waals surface area contributed by atoms with Gasteiger partial charge in [0.25, 0.3) is 5.91 Å². The van der Waals surface area contributed by atoms with Crippen LogP contribution in [0.15, 0.2) is 60.8 Å². The summed E-state index contributed by atoms with van der Waals surface area (Å²) in [6.45, 7) is 2.81. The van der Waals surface area contributed by atoms with E-state index in [4.69, 9.17) is 0 Å². The number of nitrogens with one attached hydrogen (secondary N) is 1. The maximum atomic E-state index is 13.3. The van der Waals surface area contributed by atoms with Crippen molar-refractivity contribution in [3.8, 4) is 0 Å². The van der Waals surface area contributed by atoms with Crippen molar-refractivity contribution in [1.82, 2.24) is 9.97 Å². The third-order valence-corrected chi connectivity index (χ3v) is 4.71. The first-order chi connectivity index (χ1) is 14.1. The van der Waals surface area contributed by atoms with E-state index >= 15 is 0 Å². The van der Waals surface area contributed by atoms with Crippen LogP contribution >= 0.6 is 0 Å². The molecule has 0 spiro atoms. The molecule has 1 N–H and O–H groups in total. The van der Waals surface area contributed by atoms with Crippen LogP contribution in [0.3, 0.4) is 0 Å². The Morgan fingerprint density at radius 2 is 1.62 bits per heavy atom. The lowest BCUT2D eigenvalue weighted by atomic mass is 10.2. The lowest BCUT2D eigenvalue weighted by molar-refractivity contribution is 0.102. The molecule has 3 aromatic rings. The zero-order valence-electron chi connectivity index (χ0n) is 15.6. The van der Waals surface area contributed by atoms with Crippen LogP contribution in [-0.4, -0.2) is 42.1 Å². The second-order valence-electron chi connectivity index (χ2n) is 6.66. The molecule has 1 aliphatic rings. The smallest absolute Gasteiger partial charge is 0.274 e. The van der Waals surface area contributed by atoms with Crippen LogP contribution in [0.1, 0.15) is 10.5 Å². The Morgan fingerprint density at radius 1 is 0.897 bits per heavy atom.